The Labute approximate surface area is 126 Å². The first-order chi connectivity index (χ1) is 9.71. The molecule has 0 N–H and O–H groups in total. The molecular formula is C15H26O6. The van der Waals surface area contributed by atoms with Gasteiger partial charge in [0.2, 0.25) is 0 Å². The molecule has 0 amide bonds. The number of ether oxygens (including phenoxy) is 3. The molecular weight excluding hydrogens is 276 g/mol. The van der Waals surface area contributed by atoms with Crippen molar-refractivity contribution in [3.8, 4) is 0 Å². The SMILES string of the molecule is CCOC(=O)C(CCCC(=O)OC(C)(C)C)C(=O)OCC. The van der Waals surface area contributed by atoms with E-state index in [-0.39, 0.29) is 32.0 Å². The van der Waals surface area contributed by atoms with E-state index in [1.165, 1.54) is 0 Å². The summed E-state index contributed by atoms with van der Waals surface area (Å²) in [6.07, 6.45) is 0.709. The van der Waals surface area contributed by atoms with E-state index in [2.05, 4.69) is 0 Å². The van der Waals surface area contributed by atoms with Crippen LogP contribution in [-0.4, -0.2) is 36.7 Å². The summed E-state index contributed by atoms with van der Waals surface area (Å²) in [5, 5.41) is 0. The van der Waals surface area contributed by atoms with Crippen molar-refractivity contribution in [2.45, 2.75) is 59.5 Å². The Morgan fingerprint density at radius 2 is 1.43 bits per heavy atom. The van der Waals surface area contributed by atoms with Gasteiger partial charge < -0.3 is 14.2 Å². The molecule has 6 nitrogen and oxygen atoms in total. The molecule has 0 aromatic heterocycles. The van der Waals surface area contributed by atoms with Crippen LogP contribution in [0, 0.1) is 5.92 Å². The topological polar surface area (TPSA) is 78.9 Å². The summed E-state index contributed by atoms with van der Waals surface area (Å²) in [4.78, 5) is 35.0. The van der Waals surface area contributed by atoms with Crippen molar-refractivity contribution in [2.24, 2.45) is 5.92 Å². The van der Waals surface area contributed by atoms with E-state index in [9.17, 15) is 14.4 Å². The van der Waals surface area contributed by atoms with E-state index >= 15 is 0 Å². The van der Waals surface area contributed by atoms with Gasteiger partial charge in [0.15, 0.2) is 5.92 Å². The van der Waals surface area contributed by atoms with Crippen molar-refractivity contribution in [2.75, 3.05) is 13.2 Å². The first-order valence-corrected chi connectivity index (χ1v) is 7.26. The maximum Gasteiger partial charge on any atom is 0.320 e. The van der Waals surface area contributed by atoms with E-state index in [1.807, 2.05) is 0 Å². The first kappa shape index (κ1) is 19.4. The number of hydrogen-bond donors (Lipinski definition) is 0. The van der Waals surface area contributed by atoms with Crippen molar-refractivity contribution in [3.05, 3.63) is 0 Å². The maximum atomic E-state index is 11.7. The second-order valence-electron chi connectivity index (χ2n) is 5.54. The molecule has 0 spiro atoms. The third-order valence-corrected chi connectivity index (χ3v) is 2.44. The molecule has 21 heavy (non-hydrogen) atoms. The van der Waals surface area contributed by atoms with Crippen molar-refractivity contribution >= 4 is 17.9 Å². The van der Waals surface area contributed by atoms with Crippen LogP contribution in [0.15, 0.2) is 0 Å². The quantitative estimate of drug-likeness (QED) is 0.389. The minimum absolute atomic E-state index is 0.145. The zero-order chi connectivity index (χ0) is 16.5. The molecule has 0 heterocycles. The highest BCUT2D eigenvalue weighted by molar-refractivity contribution is 5.94. The predicted octanol–water partition coefficient (Wildman–Crippen LogP) is 2.24. The predicted molar refractivity (Wildman–Crippen MR) is 76.5 cm³/mol. The second-order valence-corrected chi connectivity index (χ2v) is 5.54. The first-order valence-electron chi connectivity index (χ1n) is 7.26. The summed E-state index contributed by atoms with van der Waals surface area (Å²) >= 11 is 0. The number of carbonyl (C=O) groups is 3. The average molecular weight is 302 g/mol. The minimum Gasteiger partial charge on any atom is -0.465 e. The molecule has 0 unspecified atom stereocenters. The molecule has 0 aromatic rings. The van der Waals surface area contributed by atoms with Crippen LogP contribution in [-0.2, 0) is 28.6 Å². The fraction of sp³-hybridized carbons (Fsp3) is 0.800. The maximum absolute atomic E-state index is 11.7. The van der Waals surface area contributed by atoms with Crippen LogP contribution in [0.25, 0.3) is 0 Å². The highest BCUT2D eigenvalue weighted by atomic mass is 16.6. The van der Waals surface area contributed by atoms with Gasteiger partial charge in [-0.3, -0.25) is 14.4 Å². The van der Waals surface area contributed by atoms with Crippen molar-refractivity contribution in [1.29, 1.82) is 0 Å². The van der Waals surface area contributed by atoms with Crippen molar-refractivity contribution in [1.82, 2.24) is 0 Å². The van der Waals surface area contributed by atoms with E-state index in [0.717, 1.165) is 0 Å². The molecule has 0 aromatic carbocycles. The Hall–Kier alpha value is -1.59. The van der Waals surface area contributed by atoms with E-state index in [0.29, 0.717) is 6.42 Å². The van der Waals surface area contributed by atoms with Gasteiger partial charge in [0.25, 0.3) is 0 Å². The van der Waals surface area contributed by atoms with Gasteiger partial charge in [-0.15, -0.1) is 0 Å². The second kappa shape index (κ2) is 9.37. The molecule has 0 bridgehead atoms. The Kier molecular flexibility index (Phi) is 8.66. The van der Waals surface area contributed by atoms with Gasteiger partial charge in [-0.05, 0) is 47.5 Å². The summed E-state index contributed by atoms with van der Waals surface area (Å²) in [6.45, 7) is 9.07. The molecule has 0 aliphatic heterocycles. The van der Waals surface area contributed by atoms with Gasteiger partial charge in [-0.1, -0.05) is 0 Å². The van der Waals surface area contributed by atoms with Gasteiger partial charge in [0.05, 0.1) is 13.2 Å². The molecule has 0 fully saturated rings. The van der Waals surface area contributed by atoms with Crippen LogP contribution < -0.4 is 0 Å². The Balaban J connectivity index is 4.39. The third kappa shape index (κ3) is 9.05. The molecule has 6 heteroatoms. The summed E-state index contributed by atoms with van der Waals surface area (Å²) < 4.78 is 14.9. The highest BCUT2D eigenvalue weighted by Gasteiger charge is 2.29. The summed E-state index contributed by atoms with van der Waals surface area (Å²) in [5.74, 6) is -2.55. The number of hydrogen-bond acceptors (Lipinski definition) is 6. The number of rotatable bonds is 8. The molecule has 0 aliphatic rings. The molecule has 0 aliphatic carbocycles. The lowest BCUT2D eigenvalue weighted by atomic mass is 10.0. The van der Waals surface area contributed by atoms with E-state index < -0.39 is 23.5 Å². The lowest BCUT2D eigenvalue weighted by Gasteiger charge is -2.19. The van der Waals surface area contributed by atoms with Crippen LogP contribution in [0.4, 0.5) is 0 Å². The highest BCUT2D eigenvalue weighted by Crippen LogP contribution is 2.15. The van der Waals surface area contributed by atoms with Crippen LogP contribution in [0.1, 0.15) is 53.9 Å². The smallest absolute Gasteiger partial charge is 0.320 e. The van der Waals surface area contributed by atoms with Crippen LogP contribution >= 0.6 is 0 Å². The third-order valence-electron chi connectivity index (χ3n) is 2.44. The van der Waals surface area contributed by atoms with Crippen LogP contribution in [0.2, 0.25) is 0 Å². The zero-order valence-electron chi connectivity index (χ0n) is 13.6. The standard InChI is InChI=1S/C15H26O6/c1-6-19-13(17)11(14(18)20-7-2)9-8-10-12(16)21-15(3,4)5/h11H,6-10H2,1-5H3. The summed E-state index contributed by atoms with van der Waals surface area (Å²) in [7, 11) is 0. The zero-order valence-corrected chi connectivity index (χ0v) is 13.6. The van der Waals surface area contributed by atoms with Gasteiger partial charge in [0.1, 0.15) is 5.60 Å². The van der Waals surface area contributed by atoms with Gasteiger partial charge >= 0.3 is 17.9 Å². The number of carbonyl (C=O) groups excluding carboxylic acids is 3. The van der Waals surface area contributed by atoms with Gasteiger partial charge in [-0.2, -0.15) is 0 Å². The van der Waals surface area contributed by atoms with Crippen LogP contribution in [0.3, 0.4) is 0 Å². The Bertz CT molecular complexity index is 338. The molecule has 0 saturated carbocycles. The molecule has 122 valence electrons. The average Bonchev–Trinajstić information content (AvgIpc) is 2.32. The van der Waals surface area contributed by atoms with Crippen LogP contribution in [0.5, 0.6) is 0 Å². The fourth-order valence-corrected chi connectivity index (χ4v) is 1.66. The summed E-state index contributed by atoms with van der Waals surface area (Å²) in [5.41, 5.74) is -0.543. The normalized spacial score (nSPS) is 11.1. The Morgan fingerprint density at radius 3 is 1.81 bits per heavy atom. The molecule has 0 atom stereocenters. The lowest BCUT2D eigenvalue weighted by molar-refractivity contribution is -0.163. The minimum atomic E-state index is -0.979. The molecule has 0 saturated heterocycles. The lowest BCUT2D eigenvalue weighted by Crippen LogP contribution is -2.28. The van der Waals surface area contributed by atoms with Crippen molar-refractivity contribution < 1.29 is 28.6 Å². The monoisotopic (exact) mass is 302 g/mol. The largest absolute Gasteiger partial charge is 0.465 e. The van der Waals surface area contributed by atoms with Crippen molar-refractivity contribution in [3.63, 3.8) is 0 Å². The van der Waals surface area contributed by atoms with E-state index in [4.69, 9.17) is 14.2 Å². The molecule has 0 radical (unpaired) electrons. The van der Waals surface area contributed by atoms with Gasteiger partial charge in [0, 0.05) is 6.42 Å². The molecule has 0 rings (SSSR count). The fourth-order valence-electron chi connectivity index (χ4n) is 1.66. The van der Waals surface area contributed by atoms with Gasteiger partial charge in [-0.25, -0.2) is 0 Å². The Morgan fingerprint density at radius 1 is 0.952 bits per heavy atom. The number of esters is 3. The van der Waals surface area contributed by atoms with E-state index in [1.54, 1.807) is 34.6 Å². The summed E-state index contributed by atoms with van der Waals surface area (Å²) in [6, 6.07) is 0.